The number of para-hydroxylation sites is 3. The smallest absolute Gasteiger partial charge is 0.157 e. The molecule has 0 atom stereocenters. The van der Waals surface area contributed by atoms with Gasteiger partial charge in [0.25, 0.3) is 0 Å². The molecule has 0 saturated heterocycles. The van der Waals surface area contributed by atoms with Crippen molar-refractivity contribution in [3.05, 3.63) is 96.3 Å². The first-order chi connectivity index (χ1) is 16.2. The third-order valence-corrected chi connectivity index (χ3v) is 7.45. The molecule has 33 heavy (non-hydrogen) atoms. The van der Waals surface area contributed by atoms with Gasteiger partial charge in [0.2, 0.25) is 0 Å². The number of rotatable bonds is 2. The Morgan fingerprint density at radius 2 is 1.48 bits per heavy atom. The average molecular weight is 445 g/mol. The van der Waals surface area contributed by atoms with Crippen LogP contribution in [0.15, 0.2) is 85.1 Å². The van der Waals surface area contributed by atoms with Crippen molar-refractivity contribution < 1.29 is 0 Å². The number of aryl methyl sites for hydroxylation is 2. The van der Waals surface area contributed by atoms with E-state index in [2.05, 4.69) is 94.8 Å². The van der Waals surface area contributed by atoms with Gasteiger partial charge >= 0.3 is 0 Å². The van der Waals surface area contributed by atoms with Gasteiger partial charge in [-0.25, -0.2) is 9.97 Å². The van der Waals surface area contributed by atoms with Crippen LogP contribution < -0.4 is 0 Å². The minimum absolute atomic E-state index is 0.926. The normalized spacial score (nSPS) is 11.9. The number of nitrogens with zero attached hydrogens (tertiary/aromatic N) is 4. The Morgan fingerprint density at radius 3 is 2.24 bits per heavy atom. The van der Waals surface area contributed by atoms with E-state index < -0.39 is 0 Å². The lowest BCUT2D eigenvalue weighted by Crippen LogP contribution is -2.02. The Labute approximate surface area is 194 Å². The van der Waals surface area contributed by atoms with Crippen molar-refractivity contribution in [1.82, 2.24) is 18.9 Å². The number of pyridine rings is 1. The lowest BCUT2D eigenvalue weighted by molar-refractivity contribution is 1.11. The molecule has 0 spiro atoms. The van der Waals surface area contributed by atoms with E-state index in [1.165, 1.54) is 32.1 Å². The van der Waals surface area contributed by atoms with Crippen LogP contribution in [0.4, 0.5) is 0 Å². The summed E-state index contributed by atoms with van der Waals surface area (Å²) in [5, 5.41) is 2.52. The highest BCUT2D eigenvalue weighted by molar-refractivity contribution is 7.23. The van der Waals surface area contributed by atoms with E-state index in [0.717, 1.165) is 33.2 Å². The van der Waals surface area contributed by atoms with Gasteiger partial charge in [0, 0.05) is 22.0 Å². The molecule has 0 saturated carbocycles. The van der Waals surface area contributed by atoms with Gasteiger partial charge in [-0.3, -0.25) is 4.40 Å². The molecule has 3 aromatic carbocycles. The molecule has 4 aromatic heterocycles. The fraction of sp³-hybridized carbons (Fsp3) is 0.0714. The van der Waals surface area contributed by atoms with Crippen LogP contribution in [0.1, 0.15) is 11.3 Å². The van der Waals surface area contributed by atoms with Crippen molar-refractivity contribution in [2.24, 2.45) is 0 Å². The molecule has 7 aromatic rings. The highest BCUT2D eigenvalue weighted by Gasteiger charge is 2.21. The van der Waals surface area contributed by atoms with Gasteiger partial charge in [0.1, 0.15) is 10.7 Å². The summed E-state index contributed by atoms with van der Waals surface area (Å²) in [6.07, 6.45) is 1.97. The fourth-order valence-electron chi connectivity index (χ4n) is 4.99. The summed E-state index contributed by atoms with van der Waals surface area (Å²) in [5.74, 6) is 0.926. The molecule has 158 valence electrons. The van der Waals surface area contributed by atoms with Crippen LogP contribution in [0.5, 0.6) is 0 Å². The molecule has 0 amide bonds. The van der Waals surface area contributed by atoms with E-state index in [1.54, 1.807) is 11.3 Å². The molecule has 5 heteroatoms. The molecule has 4 nitrogen and oxygen atoms in total. The highest BCUT2D eigenvalue weighted by atomic mass is 32.1. The third-order valence-electron chi connectivity index (χ3n) is 6.42. The van der Waals surface area contributed by atoms with Gasteiger partial charge in [0.15, 0.2) is 5.65 Å². The van der Waals surface area contributed by atoms with E-state index in [-0.39, 0.29) is 0 Å². The Hall–Kier alpha value is -3.96. The summed E-state index contributed by atoms with van der Waals surface area (Å²) in [6.45, 7) is 4.22. The molecule has 7 rings (SSSR count). The molecule has 0 aliphatic carbocycles. The lowest BCUT2D eigenvalue weighted by atomic mass is 10.1. The van der Waals surface area contributed by atoms with Crippen LogP contribution in [0.2, 0.25) is 0 Å². The molecule has 0 fully saturated rings. The summed E-state index contributed by atoms with van der Waals surface area (Å²) in [6, 6.07) is 28.0. The maximum absolute atomic E-state index is 4.90. The Balaban J connectivity index is 1.63. The van der Waals surface area contributed by atoms with Gasteiger partial charge in [-0.15, -0.1) is 11.3 Å². The van der Waals surface area contributed by atoms with Crippen LogP contribution in [0.25, 0.3) is 54.1 Å². The van der Waals surface area contributed by atoms with E-state index >= 15 is 0 Å². The summed E-state index contributed by atoms with van der Waals surface area (Å²) >= 11 is 1.73. The number of imidazole rings is 1. The minimum atomic E-state index is 0.926. The molecule has 0 aliphatic heterocycles. The second-order valence-corrected chi connectivity index (χ2v) is 9.53. The van der Waals surface area contributed by atoms with Crippen LogP contribution in [-0.2, 0) is 0 Å². The second kappa shape index (κ2) is 6.77. The number of aromatic nitrogens is 4. The van der Waals surface area contributed by atoms with Crippen LogP contribution >= 0.6 is 11.3 Å². The summed E-state index contributed by atoms with van der Waals surface area (Å²) in [5.41, 5.74) is 7.85. The summed E-state index contributed by atoms with van der Waals surface area (Å²) in [4.78, 5) is 10.9. The van der Waals surface area contributed by atoms with Gasteiger partial charge < -0.3 is 4.57 Å². The Morgan fingerprint density at radius 1 is 0.758 bits per heavy atom. The van der Waals surface area contributed by atoms with E-state index in [0.29, 0.717) is 0 Å². The molecular formula is C28H20N4S. The predicted octanol–water partition coefficient (Wildman–Crippen LogP) is 7.32. The molecule has 0 radical (unpaired) electrons. The van der Waals surface area contributed by atoms with Crippen LogP contribution in [0.3, 0.4) is 0 Å². The first-order valence-electron chi connectivity index (χ1n) is 11.0. The maximum atomic E-state index is 4.90. The largest absolute Gasteiger partial charge is 0.308 e. The van der Waals surface area contributed by atoms with Crippen molar-refractivity contribution in [1.29, 1.82) is 0 Å². The van der Waals surface area contributed by atoms with Crippen molar-refractivity contribution in [2.75, 3.05) is 0 Å². The monoisotopic (exact) mass is 444 g/mol. The number of fused-ring (bicyclic) bond motifs is 6. The zero-order valence-corrected chi connectivity index (χ0v) is 19.1. The number of hydrogen-bond donors (Lipinski definition) is 0. The van der Waals surface area contributed by atoms with Gasteiger partial charge in [0.05, 0.1) is 27.6 Å². The van der Waals surface area contributed by atoms with Gasteiger partial charge in [-0.1, -0.05) is 48.5 Å². The van der Waals surface area contributed by atoms with Gasteiger partial charge in [-0.2, -0.15) is 0 Å². The lowest BCUT2D eigenvalue weighted by Gasteiger charge is -2.16. The van der Waals surface area contributed by atoms with Crippen molar-refractivity contribution in [2.45, 2.75) is 13.8 Å². The molecular weight excluding hydrogens is 424 g/mol. The number of benzene rings is 3. The van der Waals surface area contributed by atoms with Crippen molar-refractivity contribution >= 4 is 48.3 Å². The molecule has 0 bridgehead atoms. The van der Waals surface area contributed by atoms with Crippen LogP contribution in [-0.4, -0.2) is 18.9 Å². The van der Waals surface area contributed by atoms with Crippen molar-refractivity contribution in [3.8, 4) is 17.1 Å². The molecule has 0 unspecified atom stereocenters. The highest BCUT2D eigenvalue weighted by Crippen LogP contribution is 2.39. The second-order valence-electron chi connectivity index (χ2n) is 8.47. The minimum Gasteiger partial charge on any atom is -0.308 e. The maximum Gasteiger partial charge on any atom is 0.157 e. The van der Waals surface area contributed by atoms with Crippen LogP contribution in [0, 0.1) is 13.8 Å². The van der Waals surface area contributed by atoms with E-state index in [4.69, 9.17) is 9.97 Å². The van der Waals surface area contributed by atoms with Crippen molar-refractivity contribution in [3.63, 3.8) is 0 Å². The Kier molecular flexibility index (Phi) is 3.81. The number of hydrogen-bond acceptors (Lipinski definition) is 3. The molecule has 0 aliphatic rings. The SMILES string of the molecule is Cc1ccc2sc3cnc(-c4cccc(C)c4-n4c5ccccc5c5ccccc54)n3c2n1. The average Bonchev–Trinajstić information content (AvgIpc) is 3.50. The summed E-state index contributed by atoms with van der Waals surface area (Å²) in [7, 11) is 0. The number of thiazole rings is 1. The fourth-order valence-corrected chi connectivity index (χ4v) is 5.94. The topological polar surface area (TPSA) is 35.1 Å². The predicted molar refractivity (Wildman–Crippen MR) is 138 cm³/mol. The zero-order valence-electron chi connectivity index (χ0n) is 18.3. The first kappa shape index (κ1) is 18.6. The first-order valence-corrected chi connectivity index (χ1v) is 11.8. The molecule has 4 heterocycles. The summed E-state index contributed by atoms with van der Waals surface area (Å²) < 4.78 is 5.77. The zero-order chi connectivity index (χ0) is 22.1. The molecule has 0 N–H and O–H groups in total. The quantitative estimate of drug-likeness (QED) is 0.280. The van der Waals surface area contributed by atoms with E-state index in [1.807, 2.05) is 13.1 Å². The Bertz CT molecular complexity index is 1800. The standard InChI is InChI=1S/C28H20N4S/c1-17-8-7-11-21(27-29-16-25-32(27)28-24(33-25)15-14-18(2)30-28)26(17)31-22-12-5-3-9-19(22)20-10-4-6-13-23(20)31/h3-16H,1-2H3. The third kappa shape index (κ3) is 2.57. The van der Waals surface area contributed by atoms with E-state index in [9.17, 15) is 0 Å². The van der Waals surface area contributed by atoms with Gasteiger partial charge in [-0.05, 0) is 49.7 Å².